The summed E-state index contributed by atoms with van der Waals surface area (Å²) < 4.78 is 13.9. The van der Waals surface area contributed by atoms with Gasteiger partial charge < -0.3 is 5.32 Å². The van der Waals surface area contributed by atoms with Gasteiger partial charge in [0.15, 0.2) is 0 Å². The third-order valence-corrected chi connectivity index (χ3v) is 3.34. The Morgan fingerprint density at radius 1 is 1.11 bits per heavy atom. The monoisotopic (exact) mass is 277 g/mol. The third kappa shape index (κ3) is 3.34. The van der Waals surface area contributed by atoms with E-state index in [1.807, 2.05) is 31.2 Å². The first-order valence-electron chi connectivity index (χ1n) is 6.37. The van der Waals surface area contributed by atoms with Gasteiger partial charge in [0.1, 0.15) is 5.82 Å². The van der Waals surface area contributed by atoms with E-state index in [1.54, 1.807) is 6.07 Å². The number of benzene rings is 2. The molecule has 0 aliphatic rings. The van der Waals surface area contributed by atoms with Crippen molar-refractivity contribution in [3.8, 4) is 11.1 Å². The number of rotatable bonds is 4. The van der Waals surface area contributed by atoms with Crippen molar-refractivity contribution in [1.82, 2.24) is 5.32 Å². The summed E-state index contributed by atoms with van der Waals surface area (Å²) in [6.07, 6.45) is 0. The molecule has 0 fully saturated rings. The molecule has 0 bridgehead atoms. The lowest BCUT2D eigenvalue weighted by Crippen LogP contribution is -2.11. The van der Waals surface area contributed by atoms with Gasteiger partial charge in [0, 0.05) is 22.7 Å². The number of aryl methyl sites for hydroxylation is 1. The summed E-state index contributed by atoms with van der Waals surface area (Å²) in [7, 11) is 0. The highest BCUT2D eigenvalue weighted by Gasteiger charge is 2.09. The van der Waals surface area contributed by atoms with Crippen LogP contribution >= 0.6 is 11.6 Å². The van der Waals surface area contributed by atoms with Gasteiger partial charge in [-0.1, -0.05) is 42.3 Å². The fraction of sp³-hybridized carbons (Fsp3) is 0.250. The molecule has 1 nitrogen and oxygen atoms in total. The maximum atomic E-state index is 13.9. The van der Waals surface area contributed by atoms with Crippen LogP contribution in [-0.4, -0.2) is 6.54 Å². The zero-order valence-corrected chi connectivity index (χ0v) is 11.9. The van der Waals surface area contributed by atoms with E-state index in [4.69, 9.17) is 11.6 Å². The normalized spacial score (nSPS) is 10.7. The summed E-state index contributed by atoms with van der Waals surface area (Å²) in [5.74, 6) is -0.244. The van der Waals surface area contributed by atoms with E-state index in [9.17, 15) is 4.39 Å². The van der Waals surface area contributed by atoms with Crippen molar-refractivity contribution < 1.29 is 4.39 Å². The number of hydrogen-bond acceptors (Lipinski definition) is 1. The lowest BCUT2D eigenvalue weighted by atomic mass is 10.0. The fourth-order valence-corrected chi connectivity index (χ4v) is 2.31. The van der Waals surface area contributed by atoms with Gasteiger partial charge in [-0.05, 0) is 37.2 Å². The highest BCUT2D eigenvalue weighted by atomic mass is 35.5. The van der Waals surface area contributed by atoms with E-state index < -0.39 is 0 Å². The van der Waals surface area contributed by atoms with Crippen molar-refractivity contribution in [3.05, 3.63) is 58.4 Å². The zero-order chi connectivity index (χ0) is 13.8. The topological polar surface area (TPSA) is 12.0 Å². The number of hydrogen-bond donors (Lipinski definition) is 1. The fourth-order valence-electron chi connectivity index (χ4n) is 2.00. The molecule has 2 rings (SSSR count). The van der Waals surface area contributed by atoms with Crippen molar-refractivity contribution in [2.24, 2.45) is 0 Å². The molecular weight excluding hydrogens is 261 g/mol. The van der Waals surface area contributed by atoms with Crippen LogP contribution in [0, 0.1) is 12.7 Å². The summed E-state index contributed by atoms with van der Waals surface area (Å²) in [5, 5.41) is 3.82. The van der Waals surface area contributed by atoms with E-state index in [0.29, 0.717) is 10.6 Å². The van der Waals surface area contributed by atoms with Crippen molar-refractivity contribution >= 4 is 11.6 Å². The van der Waals surface area contributed by atoms with Crippen LogP contribution in [0.25, 0.3) is 11.1 Å². The van der Waals surface area contributed by atoms with Gasteiger partial charge in [-0.3, -0.25) is 0 Å². The minimum Gasteiger partial charge on any atom is -0.313 e. The molecule has 3 heteroatoms. The Bertz CT molecular complexity index is 581. The average Bonchev–Trinajstić information content (AvgIpc) is 2.40. The summed E-state index contributed by atoms with van der Waals surface area (Å²) in [4.78, 5) is 0. The van der Waals surface area contributed by atoms with Crippen LogP contribution in [0.5, 0.6) is 0 Å². The average molecular weight is 278 g/mol. The highest BCUT2D eigenvalue weighted by molar-refractivity contribution is 6.33. The first kappa shape index (κ1) is 14.0. The molecule has 0 amide bonds. The maximum absolute atomic E-state index is 13.9. The standard InChI is InChI=1S/C16H17ClFN/c1-3-19-10-12-5-6-13(15(17)9-12)14-8-11(2)4-7-16(14)18/h4-9,19H,3,10H2,1-2H3. The first-order chi connectivity index (χ1) is 9.11. The minimum absolute atomic E-state index is 0.244. The quantitative estimate of drug-likeness (QED) is 0.864. The lowest BCUT2D eigenvalue weighted by Gasteiger charge is -2.09. The molecule has 1 N–H and O–H groups in total. The summed E-state index contributed by atoms with van der Waals surface area (Å²) in [6.45, 7) is 5.67. The van der Waals surface area contributed by atoms with Crippen LogP contribution in [0.1, 0.15) is 18.1 Å². The molecule has 0 saturated carbocycles. The maximum Gasteiger partial charge on any atom is 0.131 e. The molecule has 19 heavy (non-hydrogen) atoms. The Hall–Kier alpha value is -1.38. The minimum atomic E-state index is -0.244. The van der Waals surface area contributed by atoms with Crippen molar-refractivity contribution in [2.45, 2.75) is 20.4 Å². The third-order valence-electron chi connectivity index (χ3n) is 3.02. The van der Waals surface area contributed by atoms with Crippen LogP contribution in [-0.2, 0) is 6.54 Å². The molecule has 2 aromatic rings. The van der Waals surface area contributed by atoms with Gasteiger partial charge >= 0.3 is 0 Å². The van der Waals surface area contributed by atoms with Crippen LogP contribution in [0.15, 0.2) is 36.4 Å². The Morgan fingerprint density at radius 2 is 1.89 bits per heavy atom. The second-order valence-electron chi connectivity index (χ2n) is 4.58. The Labute approximate surface area is 118 Å². The largest absolute Gasteiger partial charge is 0.313 e. The van der Waals surface area contributed by atoms with Gasteiger partial charge in [0.05, 0.1) is 0 Å². The predicted octanol–water partition coefficient (Wildman–Crippen LogP) is 4.56. The molecule has 0 spiro atoms. The van der Waals surface area contributed by atoms with Crippen molar-refractivity contribution in [3.63, 3.8) is 0 Å². The molecule has 0 heterocycles. The molecule has 0 aliphatic heterocycles. The van der Waals surface area contributed by atoms with Crippen molar-refractivity contribution in [1.29, 1.82) is 0 Å². The van der Waals surface area contributed by atoms with Gasteiger partial charge in [-0.15, -0.1) is 0 Å². The summed E-state index contributed by atoms with van der Waals surface area (Å²) >= 11 is 6.27. The van der Waals surface area contributed by atoms with Gasteiger partial charge in [0.2, 0.25) is 0 Å². The zero-order valence-electron chi connectivity index (χ0n) is 11.1. The Kier molecular flexibility index (Phi) is 4.56. The SMILES string of the molecule is CCNCc1ccc(-c2cc(C)ccc2F)c(Cl)c1. The highest BCUT2D eigenvalue weighted by Crippen LogP contribution is 2.31. The van der Waals surface area contributed by atoms with E-state index in [-0.39, 0.29) is 5.82 Å². The molecule has 100 valence electrons. The molecule has 2 aromatic carbocycles. The smallest absolute Gasteiger partial charge is 0.131 e. The van der Waals surface area contributed by atoms with Crippen LogP contribution in [0.4, 0.5) is 4.39 Å². The van der Waals surface area contributed by atoms with Gasteiger partial charge in [0.25, 0.3) is 0 Å². The van der Waals surface area contributed by atoms with E-state index >= 15 is 0 Å². The van der Waals surface area contributed by atoms with Crippen molar-refractivity contribution in [2.75, 3.05) is 6.54 Å². The number of halogens is 2. The van der Waals surface area contributed by atoms with Crippen LogP contribution in [0.3, 0.4) is 0 Å². The van der Waals surface area contributed by atoms with Crippen LogP contribution < -0.4 is 5.32 Å². The molecule has 0 atom stereocenters. The molecule has 0 saturated heterocycles. The second kappa shape index (κ2) is 6.18. The van der Waals surface area contributed by atoms with E-state index in [0.717, 1.165) is 29.8 Å². The summed E-state index contributed by atoms with van der Waals surface area (Å²) in [6, 6.07) is 10.8. The molecular formula is C16H17ClFN. The molecule has 0 radical (unpaired) electrons. The summed E-state index contributed by atoms with van der Waals surface area (Å²) in [5.41, 5.74) is 3.41. The Balaban J connectivity index is 2.37. The number of nitrogens with one attached hydrogen (secondary N) is 1. The van der Waals surface area contributed by atoms with E-state index in [1.165, 1.54) is 6.07 Å². The molecule has 0 aromatic heterocycles. The van der Waals surface area contributed by atoms with Gasteiger partial charge in [-0.2, -0.15) is 0 Å². The van der Waals surface area contributed by atoms with E-state index in [2.05, 4.69) is 12.2 Å². The molecule has 0 aliphatic carbocycles. The first-order valence-corrected chi connectivity index (χ1v) is 6.75. The molecule has 0 unspecified atom stereocenters. The van der Waals surface area contributed by atoms with Gasteiger partial charge in [-0.25, -0.2) is 4.39 Å². The lowest BCUT2D eigenvalue weighted by molar-refractivity contribution is 0.631. The predicted molar refractivity (Wildman–Crippen MR) is 79.0 cm³/mol. The Morgan fingerprint density at radius 3 is 2.58 bits per heavy atom. The second-order valence-corrected chi connectivity index (χ2v) is 4.99. The van der Waals surface area contributed by atoms with Crippen LogP contribution in [0.2, 0.25) is 5.02 Å².